The zero-order valence-electron chi connectivity index (χ0n) is 16.5. The van der Waals surface area contributed by atoms with E-state index in [-0.39, 0.29) is 26.2 Å². The summed E-state index contributed by atoms with van der Waals surface area (Å²) in [5.41, 5.74) is 1.67. The zero-order chi connectivity index (χ0) is 22.7. The molecule has 0 spiro atoms. The molecule has 3 rings (SSSR count). The van der Waals surface area contributed by atoms with Crippen LogP contribution in [-0.2, 0) is 6.42 Å². The minimum Gasteiger partial charge on any atom is -0.493 e. The van der Waals surface area contributed by atoms with Gasteiger partial charge in [-0.25, -0.2) is 4.79 Å². The van der Waals surface area contributed by atoms with E-state index < -0.39 is 11.9 Å². The van der Waals surface area contributed by atoms with E-state index in [9.17, 15) is 19.9 Å². The number of carbonyl (C=O) groups excluding carboxylic acids is 1. The van der Waals surface area contributed by atoms with Crippen molar-refractivity contribution in [1.29, 1.82) is 0 Å². The van der Waals surface area contributed by atoms with Crippen LogP contribution in [0.15, 0.2) is 36.7 Å². The Bertz CT molecular complexity index is 1120. The number of thiophene rings is 1. The smallest absolute Gasteiger partial charge is 0.346 e. The van der Waals surface area contributed by atoms with Crippen LogP contribution in [0.3, 0.4) is 0 Å². The summed E-state index contributed by atoms with van der Waals surface area (Å²) in [5.74, 6) is -0.692. The van der Waals surface area contributed by atoms with Gasteiger partial charge in [-0.1, -0.05) is 29.3 Å². The topological polar surface area (TPSA) is 96.9 Å². The first-order valence-electron chi connectivity index (χ1n) is 8.91. The first kappa shape index (κ1) is 22.9. The first-order chi connectivity index (χ1) is 14.8. The van der Waals surface area contributed by atoms with E-state index in [1.165, 1.54) is 26.6 Å². The Morgan fingerprint density at radius 3 is 2.35 bits per heavy atom. The molecule has 2 aromatic heterocycles. The van der Waals surface area contributed by atoms with E-state index in [0.29, 0.717) is 34.5 Å². The molecule has 0 amide bonds. The Balaban J connectivity index is 2.22. The number of benzene rings is 1. The van der Waals surface area contributed by atoms with Crippen LogP contribution in [-0.4, -0.2) is 36.8 Å². The predicted molar refractivity (Wildman–Crippen MR) is 116 cm³/mol. The first-order valence-corrected chi connectivity index (χ1v) is 10.5. The van der Waals surface area contributed by atoms with Gasteiger partial charge in [0.25, 0.3) is 0 Å². The van der Waals surface area contributed by atoms with Crippen molar-refractivity contribution in [1.82, 2.24) is 0 Å². The van der Waals surface area contributed by atoms with Crippen LogP contribution < -0.4 is 14.2 Å². The van der Waals surface area contributed by atoms with Crippen molar-refractivity contribution < 1.29 is 34.1 Å². The van der Waals surface area contributed by atoms with Crippen molar-refractivity contribution >= 4 is 46.8 Å². The summed E-state index contributed by atoms with van der Waals surface area (Å²) in [7, 11) is 3.01. The molecule has 0 radical (unpaired) electrons. The summed E-state index contributed by atoms with van der Waals surface area (Å²) >= 11 is 13.5. The van der Waals surface area contributed by atoms with Gasteiger partial charge in [0.1, 0.15) is 14.9 Å². The maximum atomic E-state index is 11.9. The number of ether oxygens (including phenoxy) is 2. The summed E-state index contributed by atoms with van der Waals surface area (Å²) in [5, 5.41) is 19.8. The molecule has 0 aliphatic heterocycles. The van der Waals surface area contributed by atoms with Crippen molar-refractivity contribution in [3.8, 4) is 11.5 Å². The molecule has 2 N–H and O–H groups in total. The van der Waals surface area contributed by atoms with Crippen LogP contribution >= 0.6 is 34.5 Å². The van der Waals surface area contributed by atoms with Gasteiger partial charge in [0.15, 0.2) is 17.8 Å². The van der Waals surface area contributed by atoms with Gasteiger partial charge in [-0.2, -0.15) is 0 Å². The molecule has 2 heterocycles. The van der Waals surface area contributed by atoms with Gasteiger partial charge in [-0.3, -0.25) is 10.0 Å². The molecular formula is C21H18Cl2NO6S+. The molecule has 162 valence electrons. The summed E-state index contributed by atoms with van der Waals surface area (Å²) in [4.78, 5) is 23.6. The van der Waals surface area contributed by atoms with E-state index in [4.69, 9.17) is 32.7 Å². The van der Waals surface area contributed by atoms with Crippen molar-refractivity contribution in [2.45, 2.75) is 12.3 Å². The van der Waals surface area contributed by atoms with E-state index >= 15 is 0 Å². The van der Waals surface area contributed by atoms with E-state index in [1.807, 2.05) is 0 Å². The Labute approximate surface area is 192 Å². The lowest BCUT2D eigenvalue weighted by atomic mass is 9.85. The Morgan fingerprint density at radius 2 is 1.81 bits per heavy atom. The minimum absolute atomic E-state index is 0.0438. The largest absolute Gasteiger partial charge is 0.493 e. The average Bonchev–Trinajstić information content (AvgIpc) is 3.17. The number of methoxy groups -OCH3 is 2. The molecule has 7 nitrogen and oxygen atoms in total. The standard InChI is InChI=1S/C21H17Cl2NO6S/c1-29-18-4-3-11(5-19(18)30-2)13(7-15-16(22)8-24(28)9-17(15)23)14-6-12(10-25)31-20(14)21(26)27/h3-6,8-10,13H,7H2,1-2H3,(H-,26,27,28)/p+1/t13-/m0/s1. The van der Waals surface area contributed by atoms with Crippen LogP contribution in [0.1, 0.15) is 42.0 Å². The lowest BCUT2D eigenvalue weighted by Gasteiger charge is -2.20. The highest BCUT2D eigenvalue weighted by Crippen LogP contribution is 2.40. The Hall–Kier alpha value is -2.81. The van der Waals surface area contributed by atoms with Gasteiger partial charge < -0.3 is 14.6 Å². The second-order valence-corrected chi connectivity index (χ2v) is 8.44. The number of aromatic carboxylic acids is 1. The molecular weight excluding hydrogens is 465 g/mol. The molecule has 1 atom stereocenters. The molecule has 0 saturated heterocycles. The minimum atomic E-state index is -1.14. The van der Waals surface area contributed by atoms with E-state index in [2.05, 4.69) is 0 Å². The summed E-state index contributed by atoms with van der Waals surface area (Å²) in [6.45, 7) is 0. The molecule has 0 unspecified atom stereocenters. The number of halogens is 2. The highest BCUT2D eigenvalue weighted by Gasteiger charge is 2.28. The lowest BCUT2D eigenvalue weighted by molar-refractivity contribution is -0.904. The van der Waals surface area contributed by atoms with Gasteiger partial charge in [0.2, 0.25) is 12.4 Å². The zero-order valence-corrected chi connectivity index (χ0v) is 18.8. The van der Waals surface area contributed by atoms with E-state index in [1.54, 1.807) is 24.3 Å². The van der Waals surface area contributed by atoms with Crippen LogP contribution in [0.25, 0.3) is 0 Å². The third-order valence-corrected chi connectivity index (χ3v) is 6.47. The number of rotatable bonds is 8. The van der Waals surface area contributed by atoms with Crippen LogP contribution in [0.2, 0.25) is 10.0 Å². The van der Waals surface area contributed by atoms with Crippen molar-refractivity contribution in [2.75, 3.05) is 14.2 Å². The van der Waals surface area contributed by atoms with Crippen LogP contribution in [0, 0.1) is 0 Å². The highest BCUT2D eigenvalue weighted by atomic mass is 35.5. The Morgan fingerprint density at radius 1 is 1.16 bits per heavy atom. The van der Waals surface area contributed by atoms with Crippen molar-refractivity contribution in [2.24, 2.45) is 0 Å². The van der Waals surface area contributed by atoms with Crippen LogP contribution in [0.4, 0.5) is 0 Å². The number of carboxylic acids is 1. The fraction of sp³-hybridized carbons (Fsp3) is 0.190. The monoisotopic (exact) mass is 482 g/mol. The number of nitrogens with zero attached hydrogens (tertiary/aromatic N) is 1. The molecule has 0 bridgehead atoms. The van der Waals surface area contributed by atoms with Crippen molar-refractivity contribution in [3.63, 3.8) is 0 Å². The SMILES string of the molecule is COc1ccc([C@H](Cc2c(Cl)c[n+](O)cc2Cl)c2cc(C=O)sc2C(=O)O)cc1OC. The molecule has 10 heteroatoms. The molecule has 1 aromatic carbocycles. The second kappa shape index (κ2) is 9.55. The van der Waals surface area contributed by atoms with Gasteiger partial charge >= 0.3 is 5.97 Å². The maximum Gasteiger partial charge on any atom is 0.346 e. The fourth-order valence-electron chi connectivity index (χ4n) is 3.32. The number of aldehydes is 1. The van der Waals surface area contributed by atoms with Gasteiger partial charge in [-0.15, -0.1) is 11.3 Å². The molecule has 0 fully saturated rings. The van der Waals surface area contributed by atoms with Crippen LogP contribution in [0.5, 0.6) is 11.5 Å². The lowest BCUT2D eigenvalue weighted by Crippen LogP contribution is -2.29. The fourth-order valence-corrected chi connectivity index (χ4v) is 4.81. The number of carboxylic acid groups (broad SMARTS) is 1. The second-order valence-electron chi connectivity index (χ2n) is 6.54. The molecule has 0 aliphatic carbocycles. The van der Waals surface area contributed by atoms with E-state index in [0.717, 1.165) is 16.1 Å². The maximum absolute atomic E-state index is 11.9. The quantitative estimate of drug-likeness (QED) is 0.279. The average molecular weight is 483 g/mol. The number of carbonyl (C=O) groups is 2. The molecule has 0 aliphatic rings. The number of hydrogen-bond acceptors (Lipinski definition) is 6. The van der Waals surface area contributed by atoms with Crippen molar-refractivity contribution in [3.05, 3.63) is 73.1 Å². The van der Waals surface area contributed by atoms with Gasteiger partial charge in [0.05, 0.1) is 19.1 Å². The number of hydrogen-bond donors (Lipinski definition) is 2. The molecule has 3 aromatic rings. The number of pyridine rings is 1. The van der Waals surface area contributed by atoms with Gasteiger partial charge in [-0.05, 0) is 35.7 Å². The third kappa shape index (κ3) is 4.76. The number of aromatic nitrogens is 1. The molecule has 31 heavy (non-hydrogen) atoms. The summed E-state index contributed by atoms with van der Waals surface area (Å²) in [6, 6.07) is 6.79. The Kier molecular flexibility index (Phi) is 7.04. The third-order valence-electron chi connectivity index (χ3n) is 4.75. The predicted octanol–water partition coefficient (Wildman–Crippen LogP) is 4.48. The summed E-state index contributed by atoms with van der Waals surface area (Å²) in [6.07, 6.45) is 3.40. The highest BCUT2D eigenvalue weighted by molar-refractivity contribution is 7.15. The van der Waals surface area contributed by atoms with Gasteiger partial charge in [0, 0.05) is 16.2 Å². The summed E-state index contributed by atoms with van der Waals surface area (Å²) < 4.78 is 11.4. The normalized spacial score (nSPS) is 11.7. The molecule has 0 saturated carbocycles.